The van der Waals surface area contributed by atoms with Crippen molar-refractivity contribution in [3.05, 3.63) is 89.7 Å². The zero-order valence-corrected chi connectivity index (χ0v) is 19.9. The molecule has 7 nitrogen and oxygen atoms in total. The smallest absolute Gasteiger partial charge is 0.283 e. The SMILES string of the molecule is C=C(F)C(=O)Nc1cc2c(Nc3ccc(OCc4cccc(F)c4)c(Cl)c3)ncnc2cc1OCC. The summed E-state index contributed by atoms with van der Waals surface area (Å²) < 4.78 is 38.0. The number of hydrogen-bond donors (Lipinski definition) is 2. The van der Waals surface area contributed by atoms with Gasteiger partial charge in [0.1, 0.15) is 36.1 Å². The number of benzene rings is 3. The van der Waals surface area contributed by atoms with Gasteiger partial charge in [0.25, 0.3) is 5.91 Å². The van der Waals surface area contributed by atoms with E-state index in [1.807, 2.05) is 0 Å². The molecule has 0 radical (unpaired) electrons. The molecule has 0 unspecified atom stereocenters. The number of amides is 1. The molecule has 0 saturated carbocycles. The zero-order valence-electron chi connectivity index (χ0n) is 19.1. The van der Waals surface area contributed by atoms with Crippen molar-refractivity contribution < 1.29 is 23.0 Å². The number of aromatic nitrogens is 2. The molecule has 0 bridgehead atoms. The van der Waals surface area contributed by atoms with Crippen LogP contribution in [0.3, 0.4) is 0 Å². The van der Waals surface area contributed by atoms with Gasteiger partial charge in [-0.3, -0.25) is 4.79 Å². The van der Waals surface area contributed by atoms with Crippen LogP contribution in [0.5, 0.6) is 11.5 Å². The number of nitrogens with one attached hydrogen (secondary N) is 2. The minimum Gasteiger partial charge on any atom is -0.492 e. The summed E-state index contributed by atoms with van der Waals surface area (Å²) in [6.07, 6.45) is 1.38. The van der Waals surface area contributed by atoms with E-state index in [0.29, 0.717) is 51.1 Å². The Balaban J connectivity index is 1.59. The number of anilines is 3. The Hall–Kier alpha value is -4.24. The molecule has 2 N–H and O–H groups in total. The average molecular weight is 511 g/mol. The van der Waals surface area contributed by atoms with Crippen molar-refractivity contribution in [2.75, 3.05) is 17.2 Å². The molecule has 4 rings (SSSR count). The van der Waals surface area contributed by atoms with Gasteiger partial charge in [0.15, 0.2) is 5.83 Å². The maximum absolute atomic E-state index is 13.4. The fourth-order valence-corrected chi connectivity index (χ4v) is 3.60. The van der Waals surface area contributed by atoms with Gasteiger partial charge in [0, 0.05) is 17.1 Å². The maximum Gasteiger partial charge on any atom is 0.283 e. The quantitative estimate of drug-likeness (QED) is 0.248. The summed E-state index contributed by atoms with van der Waals surface area (Å²) in [4.78, 5) is 20.4. The third kappa shape index (κ3) is 5.87. The fourth-order valence-electron chi connectivity index (χ4n) is 3.37. The summed E-state index contributed by atoms with van der Waals surface area (Å²) in [6.45, 7) is 5.28. The van der Waals surface area contributed by atoms with E-state index in [-0.39, 0.29) is 18.1 Å². The maximum atomic E-state index is 13.4. The first-order chi connectivity index (χ1) is 17.3. The number of ether oxygens (including phenoxy) is 2. The van der Waals surface area contributed by atoms with Crippen molar-refractivity contribution in [3.8, 4) is 11.5 Å². The number of carbonyl (C=O) groups is 1. The number of carbonyl (C=O) groups excluding carboxylic acids is 1. The van der Waals surface area contributed by atoms with Crippen molar-refractivity contribution in [1.82, 2.24) is 9.97 Å². The van der Waals surface area contributed by atoms with E-state index in [0.717, 1.165) is 0 Å². The second kappa shape index (κ2) is 11.0. The summed E-state index contributed by atoms with van der Waals surface area (Å²) in [5.41, 5.74) is 2.06. The van der Waals surface area contributed by atoms with E-state index < -0.39 is 11.7 Å². The topological polar surface area (TPSA) is 85.4 Å². The highest BCUT2D eigenvalue weighted by atomic mass is 35.5. The molecule has 1 amide bonds. The highest BCUT2D eigenvalue weighted by molar-refractivity contribution is 6.32. The first-order valence-electron chi connectivity index (χ1n) is 10.8. The number of rotatable bonds is 9. The van der Waals surface area contributed by atoms with Crippen LogP contribution in [-0.2, 0) is 11.4 Å². The highest BCUT2D eigenvalue weighted by Crippen LogP contribution is 2.35. The number of nitrogens with zero attached hydrogens (tertiary/aromatic N) is 2. The van der Waals surface area contributed by atoms with E-state index in [4.69, 9.17) is 21.1 Å². The predicted molar refractivity (Wildman–Crippen MR) is 135 cm³/mol. The van der Waals surface area contributed by atoms with Gasteiger partial charge in [0.2, 0.25) is 0 Å². The molecular formula is C26H21ClF2N4O3. The lowest BCUT2D eigenvalue weighted by atomic mass is 10.1. The second-order valence-corrected chi connectivity index (χ2v) is 7.98. The van der Waals surface area contributed by atoms with Crippen LogP contribution >= 0.6 is 11.6 Å². The summed E-state index contributed by atoms with van der Waals surface area (Å²) in [5.74, 6) is -1.28. The van der Waals surface area contributed by atoms with Crippen molar-refractivity contribution in [2.24, 2.45) is 0 Å². The van der Waals surface area contributed by atoms with Gasteiger partial charge in [-0.2, -0.15) is 0 Å². The molecule has 1 aromatic heterocycles. The molecule has 0 atom stereocenters. The van der Waals surface area contributed by atoms with Crippen LogP contribution in [-0.4, -0.2) is 22.5 Å². The molecule has 0 saturated heterocycles. The molecule has 4 aromatic rings. The normalized spacial score (nSPS) is 10.7. The largest absolute Gasteiger partial charge is 0.492 e. The molecule has 10 heteroatoms. The molecule has 1 heterocycles. The molecule has 0 aliphatic heterocycles. The first-order valence-corrected chi connectivity index (χ1v) is 11.2. The van der Waals surface area contributed by atoms with Crippen LogP contribution in [0, 0.1) is 5.82 Å². The Kier molecular flexibility index (Phi) is 7.60. The molecule has 0 spiro atoms. The minimum atomic E-state index is -1.13. The van der Waals surface area contributed by atoms with Crippen molar-refractivity contribution in [1.29, 1.82) is 0 Å². The van der Waals surface area contributed by atoms with Gasteiger partial charge in [-0.15, -0.1) is 0 Å². The second-order valence-electron chi connectivity index (χ2n) is 7.57. The minimum absolute atomic E-state index is 0.156. The Morgan fingerprint density at radius 2 is 1.92 bits per heavy atom. The van der Waals surface area contributed by atoms with Crippen LogP contribution in [0.4, 0.5) is 26.0 Å². The Morgan fingerprint density at radius 3 is 2.64 bits per heavy atom. The lowest BCUT2D eigenvalue weighted by Crippen LogP contribution is -2.12. The zero-order chi connectivity index (χ0) is 25.7. The van der Waals surface area contributed by atoms with Gasteiger partial charge in [-0.25, -0.2) is 18.7 Å². The van der Waals surface area contributed by atoms with Crippen molar-refractivity contribution in [3.63, 3.8) is 0 Å². The Bertz CT molecular complexity index is 1450. The van der Waals surface area contributed by atoms with Gasteiger partial charge < -0.3 is 20.1 Å². The molecule has 0 fully saturated rings. The van der Waals surface area contributed by atoms with Crippen LogP contribution in [0.15, 0.2) is 73.3 Å². The van der Waals surface area contributed by atoms with E-state index in [2.05, 4.69) is 27.2 Å². The van der Waals surface area contributed by atoms with E-state index in [1.165, 1.54) is 18.5 Å². The van der Waals surface area contributed by atoms with Crippen LogP contribution < -0.4 is 20.1 Å². The fraction of sp³-hybridized carbons (Fsp3) is 0.115. The highest BCUT2D eigenvalue weighted by Gasteiger charge is 2.15. The molecule has 0 aliphatic carbocycles. The Morgan fingerprint density at radius 1 is 1.08 bits per heavy atom. The van der Waals surface area contributed by atoms with Crippen LogP contribution in [0.2, 0.25) is 5.02 Å². The number of hydrogen-bond acceptors (Lipinski definition) is 6. The van der Waals surface area contributed by atoms with E-state index in [1.54, 1.807) is 49.4 Å². The van der Waals surface area contributed by atoms with Gasteiger partial charge in [-0.1, -0.05) is 30.3 Å². The Labute approximate surface area is 210 Å². The standard InChI is InChI=1S/C26H21ClF2N4O3/c1-3-35-24-12-21-19(11-22(24)33-26(34)15(2)28)25(31-14-30-21)32-18-7-8-23(20(27)10-18)36-13-16-5-4-6-17(29)9-16/h4-12,14H,2-3,13H2,1H3,(H,33,34)(H,30,31,32). The first kappa shape index (κ1) is 24.9. The van der Waals surface area contributed by atoms with Crippen molar-refractivity contribution in [2.45, 2.75) is 13.5 Å². The van der Waals surface area contributed by atoms with Gasteiger partial charge >= 0.3 is 0 Å². The summed E-state index contributed by atoms with van der Waals surface area (Å²) in [6, 6.07) is 14.4. The number of fused-ring (bicyclic) bond motifs is 1. The van der Waals surface area contributed by atoms with Gasteiger partial charge in [-0.05, 0) is 48.9 Å². The lowest BCUT2D eigenvalue weighted by molar-refractivity contribution is -0.114. The monoisotopic (exact) mass is 510 g/mol. The molecular weight excluding hydrogens is 490 g/mol. The summed E-state index contributed by atoms with van der Waals surface area (Å²) in [7, 11) is 0. The third-order valence-corrected chi connectivity index (χ3v) is 5.30. The van der Waals surface area contributed by atoms with E-state index in [9.17, 15) is 13.6 Å². The molecule has 3 aromatic carbocycles. The van der Waals surface area contributed by atoms with Crippen LogP contribution in [0.25, 0.3) is 10.9 Å². The summed E-state index contributed by atoms with van der Waals surface area (Å²) >= 11 is 6.40. The summed E-state index contributed by atoms with van der Waals surface area (Å²) in [5, 5.41) is 6.49. The van der Waals surface area contributed by atoms with Crippen molar-refractivity contribution >= 4 is 45.6 Å². The lowest BCUT2D eigenvalue weighted by Gasteiger charge is -2.15. The number of halogens is 3. The predicted octanol–water partition coefficient (Wildman–Crippen LogP) is 6.57. The average Bonchev–Trinajstić information content (AvgIpc) is 2.84. The van der Waals surface area contributed by atoms with Crippen LogP contribution in [0.1, 0.15) is 12.5 Å². The van der Waals surface area contributed by atoms with Gasteiger partial charge in [0.05, 0.1) is 22.8 Å². The third-order valence-electron chi connectivity index (χ3n) is 5.01. The molecule has 36 heavy (non-hydrogen) atoms. The van der Waals surface area contributed by atoms with E-state index >= 15 is 0 Å². The molecule has 184 valence electrons. The molecule has 0 aliphatic rings.